The largest absolute Gasteiger partial charge is 0.462 e. The van der Waals surface area contributed by atoms with Gasteiger partial charge in [0, 0.05) is 19.3 Å². The maximum atomic E-state index is 12.8. The van der Waals surface area contributed by atoms with E-state index >= 15 is 0 Å². The molecule has 0 amide bonds. The van der Waals surface area contributed by atoms with Crippen LogP contribution in [-0.2, 0) is 28.6 Å². The Labute approximate surface area is 413 Å². The Balaban J connectivity index is 4.50. The van der Waals surface area contributed by atoms with E-state index < -0.39 is 6.10 Å². The van der Waals surface area contributed by atoms with Crippen molar-refractivity contribution in [1.82, 2.24) is 0 Å². The molecule has 1 atom stereocenters. The maximum Gasteiger partial charge on any atom is 0.306 e. The first-order chi connectivity index (χ1) is 33.0. The highest BCUT2D eigenvalue weighted by molar-refractivity contribution is 5.71. The van der Waals surface area contributed by atoms with Crippen LogP contribution < -0.4 is 0 Å². The van der Waals surface area contributed by atoms with Crippen LogP contribution in [-0.4, -0.2) is 37.2 Å². The third-order valence-electron chi connectivity index (χ3n) is 11.6. The number of hydrogen-bond donors (Lipinski definition) is 0. The zero-order valence-corrected chi connectivity index (χ0v) is 43.6. The highest BCUT2D eigenvalue weighted by atomic mass is 16.6. The quantitative estimate of drug-likeness (QED) is 0.0262. The molecule has 0 aromatic carbocycles. The van der Waals surface area contributed by atoms with Gasteiger partial charge in [-0.3, -0.25) is 14.4 Å². The number of allylic oxidation sites excluding steroid dienone is 16. The highest BCUT2D eigenvalue weighted by Gasteiger charge is 2.19. The Hall–Kier alpha value is -3.67. The van der Waals surface area contributed by atoms with Gasteiger partial charge in [-0.05, 0) is 103 Å². The molecule has 0 aliphatic heterocycles. The van der Waals surface area contributed by atoms with Gasteiger partial charge in [0.1, 0.15) is 13.2 Å². The number of rotatable bonds is 49. The molecule has 0 unspecified atom stereocenters. The van der Waals surface area contributed by atoms with E-state index in [0.29, 0.717) is 19.3 Å². The number of hydrogen-bond acceptors (Lipinski definition) is 6. The van der Waals surface area contributed by atoms with Gasteiger partial charge in [0.2, 0.25) is 0 Å². The van der Waals surface area contributed by atoms with E-state index in [2.05, 4.69) is 118 Å². The fourth-order valence-corrected chi connectivity index (χ4v) is 7.42. The minimum absolute atomic E-state index is 0.104. The Morgan fingerprint density at radius 1 is 0.313 bits per heavy atom. The SMILES string of the molecule is CC/C=C\C/C=C\C/C=C\C/C=C\CCCCC(=O)O[C@@H](COC(=O)CCCCC/C=C\C/C=C\C/C=C\C/C=C\CCCCC)COC(=O)CCCCCCCCCCCCCCCCC. The van der Waals surface area contributed by atoms with E-state index in [1.807, 2.05) is 0 Å². The lowest BCUT2D eigenvalue weighted by Gasteiger charge is -2.18. The fraction of sp³-hybridized carbons (Fsp3) is 0.689. The van der Waals surface area contributed by atoms with E-state index in [-0.39, 0.29) is 37.5 Å². The van der Waals surface area contributed by atoms with Gasteiger partial charge >= 0.3 is 17.9 Å². The summed E-state index contributed by atoms with van der Waals surface area (Å²) in [5, 5.41) is 0. The lowest BCUT2D eigenvalue weighted by atomic mass is 10.0. The van der Waals surface area contributed by atoms with Crippen molar-refractivity contribution < 1.29 is 28.6 Å². The third kappa shape index (κ3) is 53.2. The molecule has 0 aliphatic carbocycles. The normalized spacial score (nSPS) is 12.8. The van der Waals surface area contributed by atoms with Crippen molar-refractivity contribution in [3.8, 4) is 0 Å². The Morgan fingerprint density at radius 3 is 0.970 bits per heavy atom. The molecule has 0 saturated carbocycles. The van der Waals surface area contributed by atoms with Gasteiger partial charge in [0.15, 0.2) is 6.10 Å². The zero-order chi connectivity index (χ0) is 48.6. The molecule has 0 radical (unpaired) electrons. The number of carbonyl (C=O) groups excluding carboxylic acids is 3. The summed E-state index contributed by atoms with van der Waals surface area (Å²) in [6.45, 7) is 6.44. The van der Waals surface area contributed by atoms with E-state index in [1.165, 1.54) is 103 Å². The predicted octanol–water partition coefficient (Wildman–Crippen LogP) is 18.5. The van der Waals surface area contributed by atoms with Crippen LogP contribution in [0.3, 0.4) is 0 Å². The van der Waals surface area contributed by atoms with Gasteiger partial charge < -0.3 is 14.2 Å². The van der Waals surface area contributed by atoms with Crippen LogP contribution in [0.1, 0.15) is 252 Å². The topological polar surface area (TPSA) is 78.9 Å². The van der Waals surface area contributed by atoms with Crippen LogP contribution in [0.5, 0.6) is 0 Å². The van der Waals surface area contributed by atoms with Gasteiger partial charge in [-0.1, -0.05) is 227 Å². The second kappa shape index (κ2) is 54.9. The molecule has 0 aromatic rings. The molecule has 0 aromatic heterocycles. The Morgan fingerprint density at radius 2 is 0.582 bits per heavy atom. The lowest BCUT2D eigenvalue weighted by Crippen LogP contribution is -2.30. The molecule has 0 N–H and O–H groups in total. The monoisotopic (exact) mass is 931 g/mol. The van der Waals surface area contributed by atoms with E-state index in [0.717, 1.165) is 103 Å². The summed E-state index contributed by atoms with van der Waals surface area (Å²) in [5.74, 6) is -0.975. The van der Waals surface area contributed by atoms with E-state index in [4.69, 9.17) is 14.2 Å². The molecule has 67 heavy (non-hydrogen) atoms. The molecular formula is C61H102O6. The van der Waals surface area contributed by atoms with Crippen molar-refractivity contribution in [2.75, 3.05) is 13.2 Å². The predicted molar refractivity (Wildman–Crippen MR) is 288 cm³/mol. The van der Waals surface area contributed by atoms with Crippen LogP contribution in [0, 0.1) is 0 Å². The first-order valence-electron chi connectivity index (χ1n) is 27.7. The molecule has 0 rings (SSSR count). The number of ether oxygens (including phenoxy) is 3. The van der Waals surface area contributed by atoms with Crippen LogP contribution >= 0.6 is 0 Å². The first kappa shape index (κ1) is 63.3. The van der Waals surface area contributed by atoms with Crippen LogP contribution in [0.2, 0.25) is 0 Å². The molecule has 0 heterocycles. The van der Waals surface area contributed by atoms with Gasteiger partial charge in [-0.2, -0.15) is 0 Å². The first-order valence-corrected chi connectivity index (χ1v) is 27.7. The molecular weight excluding hydrogens is 829 g/mol. The van der Waals surface area contributed by atoms with Gasteiger partial charge in [-0.25, -0.2) is 0 Å². The number of esters is 3. The fourth-order valence-electron chi connectivity index (χ4n) is 7.42. The van der Waals surface area contributed by atoms with Crippen molar-refractivity contribution in [2.24, 2.45) is 0 Å². The standard InChI is InChI=1S/C61H102O6/c1-4-7-10-13-16-19-22-25-28-29-30-31-34-36-39-42-45-48-51-54-60(63)66-57-58(67-61(64)55-52-49-46-43-40-37-33-27-24-21-18-15-12-9-6-3)56-65-59(62)53-50-47-44-41-38-35-32-26-23-20-17-14-11-8-5-2/h9,12,16,18-19,21,25,27-28,30-31,33,36,39-40,43,58H,4-8,10-11,13-15,17,20,22-24,26,29,32,34-35,37-38,41-42,44-57H2,1-3H3/b12-9-,19-16-,21-18-,28-25-,31-30-,33-27-,39-36-,43-40-/t58-/m1/s1. The second-order valence-electron chi connectivity index (χ2n) is 18.1. The van der Waals surface area contributed by atoms with Crippen molar-refractivity contribution in [3.63, 3.8) is 0 Å². The smallest absolute Gasteiger partial charge is 0.306 e. The lowest BCUT2D eigenvalue weighted by molar-refractivity contribution is -0.167. The summed E-state index contributed by atoms with van der Waals surface area (Å²) in [7, 11) is 0. The molecule has 0 saturated heterocycles. The summed E-state index contributed by atoms with van der Waals surface area (Å²) in [5.41, 5.74) is 0. The molecule has 0 spiro atoms. The van der Waals surface area contributed by atoms with Crippen LogP contribution in [0.15, 0.2) is 97.2 Å². The molecule has 0 aliphatic rings. The minimum Gasteiger partial charge on any atom is -0.462 e. The Kier molecular flexibility index (Phi) is 51.9. The zero-order valence-electron chi connectivity index (χ0n) is 43.6. The van der Waals surface area contributed by atoms with Gasteiger partial charge in [-0.15, -0.1) is 0 Å². The summed E-state index contributed by atoms with van der Waals surface area (Å²) in [6, 6.07) is 0. The molecule has 6 nitrogen and oxygen atoms in total. The maximum absolute atomic E-state index is 12.8. The van der Waals surface area contributed by atoms with Crippen molar-refractivity contribution >= 4 is 17.9 Å². The van der Waals surface area contributed by atoms with E-state index in [9.17, 15) is 14.4 Å². The summed E-state index contributed by atoms with van der Waals surface area (Å²) in [4.78, 5) is 38.1. The van der Waals surface area contributed by atoms with Crippen molar-refractivity contribution in [1.29, 1.82) is 0 Å². The third-order valence-corrected chi connectivity index (χ3v) is 11.6. The average Bonchev–Trinajstić information content (AvgIpc) is 3.33. The average molecular weight is 931 g/mol. The number of unbranched alkanes of at least 4 members (excludes halogenated alkanes) is 22. The van der Waals surface area contributed by atoms with Crippen LogP contribution in [0.25, 0.3) is 0 Å². The highest BCUT2D eigenvalue weighted by Crippen LogP contribution is 2.15. The summed E-state index contributed by atoms with van der Waals surface area (Å²) in [6.07, 6.45) is 72.5. The van der Waals surface area contributed by atoms with Crippen molar-refractivity contribution in [3.05, 3.63) is 97.2 Å². The van der Waals surface area contributed by atoms with Crippen molar-refractivity contribution in [2.45, 2.75) is 258 Å². The summed E-state index contributed by atoms with van der Waals surface area (Å²) < 4.78 is 16.8. The number of carbonyl (C=O) groups is 3. The van der Waals surface area contributed by atoms with Gasteiger partial charge in [0.25, 0.3) is 0 Å². The summed E-state index contributed by atoms with van der Waals surface area (Å²) >= 11 is 0. The minimum atomic E-state index is -0.812. The molecule has 6 heteroatoms. The second-order valence-corrected chi connectivity index (χ2v) is 18.1. The van der Waals surface area contributed by atoms with E-state index in [1.54, 1.807) is 0 Å². The molecule has 0 fully saturated rings. The Bertz CT molecular complexity index is 1350. The molecule has 0 bridgehead atoms. The molecule has 382 valence electrons. The van der Waals surface area contributed by atoms with Gasteiger partial charge in [0.05, 0.1) is 0 Å². The van der Waals surface area contributed by atoms with Crippen LogP contribution in [0.4, 0.5) is 0 Å².